The molecule has 0 radical (unpaired) electrons. The topological polar surface area (TPSA) is 52.7 Å². The van der Waals surface area contributed by atoms with Crippen LogP contribution in [0.5, 0.6) is 0 Å². The number of nitrogens with one attached hydrogen (secondary N) is 1. The van der Waals surface area contributed by atoms with Crippen LogP contribution < -0.4 is 5.32 Å². The number of carbonyl (C=O) groups excluding carboxylic acids is 2. The standard InChI is InChI=1S/C36H40Cl3N3O2/c37-30-12-6-5-9-26(30)15-18-40-33(43)36(28-13-14-31(38)32(39)23-28)24-29(36)25-41-21-16-35(17-22-41,27-10-3-1-4-11-27)34(44)42-19-7-2-8-20-42/h1,3-6,9-14,23,29H,2,7-8,15-22,24-25H2,(H,40,43)/t29-,36+/m0/s1. The number of nitrogens with zero attached hydrogens (tertiary/aromatic N) is 2. The number of rotatable bonds is 9. The van der Waals surface area contributed by atoms with E-state index in [9.17, 15) is 9.59 Å². The normalized spacial score (nSPS) is 23.2. The van der Waals surface area contributed by atoms with Gasteiger partial charge in [-0.2, -0.15) is 0 Å². The van der Waals surface area contributed by atoms with Gasteiger partial charge in [0, 0.05) is 31.2 Å². The molecule has 2 saturated heterocycles. The highest BCUT2D eigenvalue weighted by atomic mass is 35.5. The van der Waals surface area contributed by atoms with Gasteiger partial charge in [0.25, 0.3) is 0 Å². The predicted octanol–water partition coefficient (Wildman–Crippen LogP) is 7.31. The van der Waals surface area contributed by atoms with Crippen molar-refractivity contribution >= 4 is 46.6 Å². The van der Waals surface area contributed by atoms with E-state index in [0.29, 0.717) is 28.0 Å². The summed E-state index contributed by atoms with van der Waals surface area (Å²) in [4.78, 5) is 32.6. The Hall–Kier alpha value is -2.57. The molecular weight excluding hydrogens is 613 g/mol. The largest absolute Gasteiger partial charge is 0.355 e. The molecule has 3 aromatic rings. The van der Waals surface area contributed by atoms with E-state index in [0.717, 1.165) is 81.5 Å². The average Bonchev–Trinajstić information content (AvgIpc) is 3.79. The van der Waals surface area contributed by atoms with Crippen LogP contribution in [-0.2, 0) is 26.8 Å². The van der Waals surface area contributed by atoms with E-state index in [1.807, 2.05) is 54.6 Å². The van der Waals surface area contributed by atoms with Gasteiger partial charge < -0.3 is 15.1 Å². The molecule has 232 valence electrons. The van der Waals surface area contributed by atoms with Crippen LogP contribution in [0.25, 0.3) is 0 Å². The van der Waals surface area contributed by atoms with Crippen molar-refractivity contribution in [3.63, 3.8) is 0 Å². The molecule has 2 aliphatic heterocycles. The number of piperidine rings is 2. The zero-order chi connectivity index (χ0) is 30.7. The van der Waals surface area contributed by atoms with Gasteiger partial charge in [0.05, 0.1) is 20.9 Å². The molecule has 0 bridgehead atoms. The molecule has 44 heavy (non-hydrogen) atoms. The smallest absolute Gasteiger partial charge is 0.233 e. The molecule has 1 saturated carbocycles. The Morgan fingerprint density at radius 1 is 0.773 bits per heavy atom. The van der Waals surface area contributed by atoms with Crippen LogP contribution >= 0.6 is 34.8 Å². The molecule has 3 aliphatic rings. The van der Waals surface area contributed by atoms with Crippen LogP contribution in [0, 0.1) is 5.92 Å². The van der Waals surface area contributed by atoms with Crippen molar-refractivity contribution in [3.8, 4) is 0 Å². The molecule has 5 nitrogen and oxygen atoms in total. The second-order valence-corrected chi connectivity index (χ2v) is 13.9. The van der Waals surface area contributed by atoms with Crippen molar-refractivity contribution in [2.75, 3.05) is 39.3 Å². The molecule has 2 amide bonds. The molecule has 0 unspecified atom stereocenters. The molecule has 3 aromatic carbocycles. The molecule has 0 spiro atoms. The highest BCUT2D eigenvalue weighted by molar-refractivity contribution is 6.42. The van der Waals surface area contributed by atoms with E-state index >= 15 is 0 Å². The van der Waals surface area contributed by atoms with Gasteiger partial charge in [0.15, 0.2) is 0 Å². The van der Waals surface area contributed by atoms with E-state index in [1.165, 1.54) is 6.42 Å². The highest BCUT2D eigenvalue weighted by Crippen LogP contribution is 2.56. The summed E-state index contributed by atoms with van der Waals surface area (Å²) in [6.45, 7) is 4.64. The average molecular weight is 653 g/mol. The van der Waals surface area contributed by atoms with Crippen LogP contribution in [0.2, 0.25) is 15.1 Å². The summed E-state index contributed by atoms with van der Waals surface area (Å²) >= 11 is 19.1. The lowest BCUT2D eigenvalue weighted by Gasteiger charge is -2.44. The third-order valence-electron chi connectivity index (χ3n) is 10.2. The van der Waals surface area contributed by atoms with E-state index in [1.54, 1.807) is 6.07 Å². The summed E-state index contributed by atoms with van der Waals surface area (Å²) in [5.74, 6) is 0.448. The fraction of sp³-hybridized carbons (Fsp3) is 0.444. The van der Waals surface area contributed by atoms with Crippen LogP contribution in [0.15, 0.2) is 72.8 Å². The van der Waals surface area contributed by atoms with Gasteiger partial charge in [-0.1, -0.05) is 89.4 Å². The van der Waals surface area contributed by atoms with Gasteiger partial charge in [-0.3, -0.25) is 9.59 Å². The number of halogens is 3. The molecule has 2 atom stereocenters. The molecule has 1 aliphatic carbocycles. The molecule has 6 rings (SSSR count). The lowest BCUT2D eigenvalue weighted by Crippen LogP contribution is -2.54. The van der Waals surface area contributed by atoms with Crippen molar-refractivity contribution in [1.82, 2.24) is 15.1 Å². The lowest BCUT2D eigenvalue weighted by atomic mass is 9.71. The zero-order valence-corrected chi connectivity index (χ0v) is 27.3. The van der Waals surface area contributed by atoms with Gasteiger partial charge in [0.2, 0.25) is 11.8 Å². The van der Waals surface area contributed by atoms with Crippen LogP contribution in [0.1, 0.15) is 55.2 Å². The van der Waals surface area contributed by atoms with Crippen molar-refractivity contribution in [2.45, 2.75) is 55.8 Å². The fourth-order valence-electron chi connectivity index (χ4n) is 7.47. The maximum Gasteiger partial charge on any atom is 0.233 e. The Morgan fingerprint density at radius 3 is 2.18 bits per heavy atom. The van der Waals surface area contributed by atoms with Gasteiger partial charge in [-0.05, 0) is 98.8 Å². The van der Waals surface area contributed by atoms with Crippen molar-refractivity contribution in [1.29, 1.82) is 0 Å². The third-order valence-corrected chi connectivity index (χ3v) is 11.3. The second-order valence-electron chi connectivity index (χ2n) is 12.7. The van der Waals surface area contributed by atoms with Crippen LogP contribution in [0.4, 0.5) is 0 Å². The minimum atomic E-state index is -0.660. The Kier molecular flexibility index (Phi) is 9.58. The van der Waals surface area contributed by atoms with E-state index in [4.69, 9.17) is 34.8 Å². The van der Waals surface area contributed by atoms with E-state index in [-0.39, 0.29) is 17.7 Å². The van der Waals surface area contributed by atoms with E-state index in [2.05, 4.69) is 27.2 Å². The predicted molar refractivity (Wildman–Crippen MR) is 179 cm³/mol. The maximum atomic E-state index is 14.1. The summed E-state index contributed by atoms with van der Waals surface area (Å²) in [7, 11) is 0. The van der Waals surface area contributed by atoms with Crippen LogP contribution in [0.3, 0.4) is 0 Å². The maximum absolute atomic E-state index is 14.1. The minimum Gasteiger partial charge on any atom is -0.355 e. The summed E-state index contributed by atoms with van der Waals surface area (Å²) in [6, 6.07) is 23.7. The fourth-order valence-corrected chi connectivity index (χ4v) is 8.00. The Bertz CT molecular complexity index is 1480. The molecule has 8 heteroatoms. The lowest BCUT2D eigenvalue weighted by molar-refractivity contribution is -0.140. The molecule has 1 N–H and O–H groups in total. The monoisotopic (exact) mass is 651 g/mol. The molecule has 2 heterocycles. The first-order valence-electron chi connectivity index (χ1n) is 15.9. The molecule has 3 fully saturated rings. The first-order valence-corrected chi connectivity index (χ1v) is 17.0. The second kappa shape index (κ2) is 13.4. The SMILES string of the molecule is O=C(N1CCCCC1)C1(c2ccccc2)CCN(C[C@@H]2C[C@@]2(C(=O)NCCc2ccccc2Cl)c2ccc(Cl)c(Cl)c2)CC1. The van der Waals surface area contributed by atoms with Gasteiger partial charge in [0.1, 0.15) is 0 Å². The number of hydrogen-bond donors (Lipinski definition) is 1. The summed E-state index contributed by atoms with van der Waals surface area (Å²) in [5.41, 5.74) is 1.90. The summed E-state index contributed by atoms with van der Waals surface area (Å²) in [5, 5.41) is 4.85. The summed E-state index contributed by atoms with van der Waals surface area (Å²) in [6.07, 6.45) is 6.34. The van der Waals surface area contributed by atoms with Gasteiger partial charge in [-0.15, -0.1) is 0 Å². The Labute approximate surface area is 275 Å². The zero-order valence-electron chi connectivity index (χ0n) is 25.0. The van der Waals surface area contributed by atoms with Crippen molar-refractivity contribution in [3.05, 3.63) is 105 Å². The molecule has 0 aromatic heterocycles. The van der Waals surface area contributed by atoms with Crippen molar-refractivity contribution in [2.24, 2.45) is 5.92 Å². The Balaban J connectivity index is 1.16. The number of amides is 2. The van der Waals surface area contributed by atoms with Crippen molar-refractivity contribution < 1.29 is 9.59 Å². The van der Waals surface area contributed by atoms with Gasteiger partial charge in [-0.25, -0.2) is 0 Å². The van der Waals surface area contributed by atoms with Gasteiger partial charge >= 0.3 is 0 Å². The molecular formula is C36H40Cl3N3O2. The first-order chi connectivity index (χ1) is 21.3. The number of carbonyl (C=O) groups is 2. The first kappa shape index (κ1) is 31.4. The van der Waals surface area contributed by atoms with E-state index < -0.39 is 10.8 Å². The number of benzene rings is 3. The number of hydrogen-bond acceptors (Lipinski definition) is 3. The van der Waals surface area contributed by atoms with Crippen LogP contribution in [-0.4, -0.2) is 60.9 Å². The third kappa shape index (κ3) is 6.26. The summed E-state index contributed by atoms with van der Waals surface area (Å²) < 4.78 is 0. The Morgan fingerprint density at radius 2 is 1.48 bits per heavy atom. The minimum absolute atomic E-state index is 0.0175. The quantitative estimate of drug-likeness (QED) is 0.264. The number of likely N-dealkylation sites (tertiary alicyclic amines) is 2. The highest BCUT2D eigenvalue weighted by Gasteiger charge is 2.61.